The van der Waals surface area contributed by atoms with E-state index >= 15 is 0 Å². The van der Waals surface area contributed by atoms with Gasteiger partial charge < -0.3 is 20.1 Å². The van der Waals surface area contributed by atoms with Crippen molar-refractivity contribution in [2.24, 2.45) is 5.92 Å². The summed E-state index contributed by atoms with van der Waals surface area (Å²) in [6, 6.07) is -1.07. The van der Waals surface area contributed by atoms with Crippen molar-refractivity contribution in [3.8, 4) is 0 Å². The van der Waals surface area contributed by atoms with Crippen LogP contribution in [0.4, 0.5) is 4.79 Å². The molecule has 2 amide bonds. The Morgan fingerprint density at radius 2 is 2.10 bits per heavy atom. The summed E-state index contributed by atoms with van der Waals surface area (Å²) in [4.78, 5) is 24.8. The van der Waals surface area contributed by atoms with Gasteiger partial charge in [0.05, 0.1) is 6.10 Å². The van der Waals surface area contributed by atoms with Gasteiger partial charge in [-0.1, -0.05) is 20.3 Å². The molecule has 20 heavy (non-hydrogen) atoms. The van der Waals surface area contributed by atoms with Crippen molar-refractivity contribution in [2.45, 2.75) is 58.2 Å². The molecule has 0 radical (unpaired) electrons. The number of carbonyl (C=O) groups is 2. The van der Waals surface area contributed by atoms with E-state index in [-0.39, 0.29) is 18.2 Å². The third-order valence-corrected chi connectivity index (χ3v) is 3.96. The molecule has 0 saturated carbocycles. The van der Waals surface area contributed by atoms with E-state index in [9.17, 15) is 14.7 Å². The highest BCUT2D eigenvalue weighted by atomic mass is 16.5. The van der Waals surface area contributed by atoms with Crippen LogP contribution in [-0.4, -0.2) is 53.8 Å². The molecule has 6 heteroatoms. The van der Waals surface area contributed by atoms with Gasteiger partial charge in [-0.2, -0.15) is 0 Å². The summed E-state index contributed by atoms with van der Waals surface area (Å²) >= 11 is 0. The standard InChI is InChI=1S/C14H26N2O4/c1-5-9(2)6-10(3)15-14(19)16-8-11(20-4)7-12(16)13(17)18/h9-12H,5-8H2,1-4H3,(H,15,19)(H,17,18). The van der Waals surface area contributed by atoms with Crippen molar-refractivity contribution < 1.29 is 19.4 Å². The van der Waals surface area contributed by atoms with Crippen LogP contribution in [0.5, 0.6) is 0 Å². The molecule has 1 heterocycles. The quantitative estimate of drug-likeness (QED) is 0.779. The zero-order valence-corrected chi connectivity index (χ0v) is 12.8. The second kappa shape index (κ2) is 7.47. The number of likely N-dealkylation sites (tertiary alicyclic amines) is 1. The number of nitrogens with one attached hydrogen (secondary N) is 1. The van der Waals surface area contributed by atoms with Crippen LogP contribution in [-0.2, 0) is 9.53 Å². The lowest BCUT2D eigenvalue weighted by Crippen LogP contribution is -2.48. The molecule has 6 nitrogen and oxygen atoms in total. The maximum absolute atomic E-state index is 12.2. The monoisotopic (exact) mass is 286 g/mol. The van der Waals surface area contributed by atoms with E-state index in [1.165, 1.54) is 12.0 Å². The van der Waals surface area contributed by atoms with Crippen LogP contribution in [0.1, 0.15) is 40.0 Å². The van der Waals surface area contributed by atoms with Crippen molar-refractivity contribution in [1.29, 1.82) is 0 Å². The molecule has 1 saturated heterocycles. The summed E-state index contributed by atoms with van der Waals surface area (Å²) in [5.74, 6) is -0.444. The Bertz CT molecular complexity index is 348. The molecule has 1 rings (SSSR count). The normalized spacial score (nSPS) is 25.3. The summed E-state index contributed by atoms with van der Waals surface area (Å²) in [6.45, 7) is 6.53. The number of hydrogen-bond donors (Lipinski definition) is 2. The maximum Gasteiger partial charge on any atom is 0.326 e. The first-order valence-corrected chi connectivity index (χ1v) is 7.21. The van der Waals surface area contributed by atoms with E-state index in [0.29, 0.717) is 18.9 Å². The van der Waals surface area contributed by atoms with E-state index in [0.717, 1.165) is 12.8 Å². The molecule has 4 atom stereocenters. The highest BCUT2D eigenvalue weighted by molar-refractivity contribution is 5.83. The predicted octanol–water partition coefficient (Wildman–Crippen LogP) is 1.69. The number of nitrogens with zero attached hydrogens (tertiary/aromatic N) is 1. The number of ether oxygens (including phenoxy) is 1. The molecule has 0 aromatic heterocycles. The number of carboxylic acids is 1. The summed E-state index contributed by atoms with van der Waals surface area (Å²) in [6.07, 6.45) is 2.10. The first kappa shape index (κ1) is 16.8. The Kier molecular flexibility index (Phi) is 6.26. The molecular weight excluding hydrogens is 260 g/mol. The number of hydrogen-bond acceptors (Lipinski definition) is 3. The van der Waals surface area contributed by atoms with Crippen molar-refractivity contribution >= 4 is 12.0 Å². The first-order valence-electron chi connectivity index (χ1n) is 7.21. The van der Waals surface area contributed by atoms with Gasteiger partial charge in [0.1, 0.15) is 6.04 Å². The Balaban J connectivity index is 2.58. The number of carboxylic acid groups (broad SMARTS) is 1. The molecule has 0 bridgehead atoms. The molecule has 1 aliphatic heterocycles. The fourth-order valence-electron chi connectivity index (χ4n) is 2.55. The molecular formula is C14H26N2O4. The minimum absolute atomic E-state index is 0.0356. The van der Waals surface area contributed by atoms with E-state index in [4.69, 9.17) is 4.74 Å². The van der Waals surface area contributed by atoms with Gasteiger partial charge in [0.25, 0.3) is 0 Å². The summed E-state index contributed by atoms with van der Waals surface area (Å²) in [5, 5.41) is 12.1. The number of amides is 2. The highest BCUT2D eigenvalue weighted by Gasteiger charge is 2.40. The molecule has 0 aliphatic carbocycles. The van der Waals surface area contributed by atoms with E-state index in [1.54, 1.807) is 0 Å². The molecule has 2 N–H and O–H groups in total. The Morgan fingerprint density at radius 1 is 1.45 bits per heavy atom. The molecule has 0 aromatic rings. The number of urea groups is 1. The van der Waals surface area contributed by atoms with Crippen LogP contribution in [0.15, 0.2) is 0 Å². The zero-order chi connectivity index (χ0) is 15.3. The second-order valence-electron chi connectivity index (χ2n) is 5.70. The van der Waals surface area contributed by atoms with Gasteiger partial charge >= 0.3 is 12.0 Å². The largest absolute Gasteiger partial charge is 0.480 e. The number of rotatable bonds is 6. The SMILES string of the molecule is CCC(C)CC(C)NC(=O)N1CC(OC)CC1C(=O)O. The van der Waals surface area contributed by atoms with E-state index in [2.05, 4.69) is 19.2 Å². The predicted molar refractivity (Wildman–Crippen MR) is 75.6 cm³/mol. The number of methoxy groups -OCH3 is 1. The lowest BCUT2D eigenvalue weighted by Gasteiger charge is -2.25. The lowest BCUT2D eigenvalue weighted by molar-refractivity contribution is -0.141. The maximum atomic E-state index is 12.2. The minimum Gasteiger partial charge on any atom is -0.480 e. The van der Waals surface area contributed by atoms with Crippen LogP contribution >= 0.6 is 0 Å². The van der Waals surface area contributed by atoms with Crippen LogP contribution in [0.3, 0.4) is 0 Å². The third-order valence-electron chi connectivity index (χ3n) is 3.96. The highest BCUT2D eigenvalue weighted by Crippen LogP contribution is 2.20. The smallest absolute Gasteiger partial charge is 0.326 e. The fourth-order valence-corrected chi connectivity index (χ4v) is 2.55. The van der Waals surface area contributed by atoms with Crippen molar-refractivity contribution in [3.05, 3.63) is 0 Å². The van der Waals surface area contributed by atoms with Gasteiger partial charge in [-0.3, -0.25) is 0 Å². The Morgan fingerprint density at radius 3 is 2.60 bits per heavy atom. The fraction of sp³-hybridized carbons (Fsp3) is 0.857. The average molecular weight is 286 g/mol. The summed E-state index contributed by atoms with van der Waals surface area (Å²) in [5.41, 5.74) is 0. The van der Waals surface area contributed by atoms with Crippen LogP contribution in [0, 0.1) is 5.92 Å². The molecule has 0 aromatic carbocycles. The van der Waals surface area contributed by atoms with Crippen LogP contribution in [0.2, 0.25) is 0 Å². The first-order chi connectivity index (χ1) is 9.38. The molecule has 1 aliphatic rings. The van der Waals surface area contributed by atoms with Crippen molar-refractivity contribution in [1.82, 2.24) is 10.2 Å². The van der Waals surface area contributed by atoms with Gasteiger partial charge in [0, 0.05) is 26.1 Å². The van der Waals surface area contributed by atoms with Crippen molar-refractivity contribution in [3.63, 3.8) is 0 Å². The Labute approximate surface area is 120 Å². The average Bonchev–Trinajstić information content (AvgIpc) is 2.82. The number of carbonyl (C=O) groups excluding carboxylic acids is 1. The van der Waals surface area contributed by atoms with Gasteiger partial charge in [0.2, 0.25) is 0 Å². The summed E-state index contributed by atoms with van der Waals surface area (Å²) < 4.78 is 5.17. The third kappa shape index (κ3) is 4.37. The second-order valence-corrected chi connectivity index (χ2v) is 5.70. The topological polar surface area (TPSA) is 78.9 Å². The van der Waals surface area contributed by atoms with Gasteiger partial charge in [-0.05, 0) is 19.3 Å². The van der Waals surface area contributed by atoms with Crippen LogP contribution in [0.25, 0.3) is 0 Å². The zero-order valence-electron chi connectivity index (χ0n) is 12.8. The molecule has 1 fully saturated rings. The van der Waals surface area contributed by atoms with Crippen molar-refractivity contribution in [2.75, 3.05) is 13.7 Å². The number of aliphatic carboxylic acids is 1. The van der Waals surface area contributed by atoms with Crippen LogP contribution < -0.4 is 5.32 Å². The van der Waals surface area contributed by atoms with E-state index in [1.807, 2.05) is 6.92 Å². The van der Waals surface area contributed by atoms with Gasteiger partial charge in [0.15, 0.2) is 0 Å². The molecule has 4 unspecified atom stereocenters. The van der Waals surface area contributed by atoms with Gasteiger partial charge in [-0.25, -0.2) is 9.59 Å². The molecule has 0 spiro atoms. The minimum atomic E-state index is -0.978. The van der Waals surface area contributed by atoms with Gasteiger partial charge in [-0.15, -0.1) is 0 Å². The summed E-state index contributed by atoms with van der Waals surface area (Å²) in [7, 11) is 1.54. The lowest BCUT2D eigenvalue weighted by atomic mass is 10.0. The van der Waals surface area contributed by atoms with E-state index < -0.39 is 12.0 Å². The Hall–Kier alpha value is -1.30. The molecule has 116 valence electrons.